The summed E-state index contributed by atoms with van der Waals surface area (Å²) >= 11 is 2.94. The van der Waals surface area contributed by atoms with Crippen molar-refractivity contribution in [2.75, 3.05) is 0 Å². The lowest BCUT2D eigenvalue weighted by Crippen LogP contribution is -2.24. The molecule has 0 spiro atoms. The number of carbonyl (C=O) groups is 1. The molecule has 0 aromatic carbocycles. The van der Waals surface area contributed by atoms with Gasteiger partial charge in [0.05, 0.1) is 24.5 Å². The van der Waals surface area contributed by atoms with E-state index in [9.17, 15) is 4.79 Å². The predicted octanol–water partition coefficient (Wildman–Crippen LogP) is 2.24. The molecule has 0 aliphatic carbocycles. The van der Waals surface area contributed by atoms with Crippen LogP contribution in [0.25, 0.3) is 11.0 Å². The van der Waals surface area contributed by atoms with Crippen LogP contribution in [0.5, 0.6) is 0 Å². The molecule has 6 nitrogen and oxygen atoms in total. The van der Waals surface area contributed by atoms with Crippen LogP contribution in [0.2, 0.25) is 0 Å². The van der Waals surface area contributed by atoms with Gasteiger partial charge >= 0.3 is 0 Å². The largest absolute Gasteiger partial charge is 0.392 e. The van der Waals surface area contributed by atoms with E-state index in [-0.39, 0.29) is 18.6 Å². The Labute approximate surface area is 134 Å². The zero-order valence-electron chi connectivity index (χ0n) is 11.8. The Balaban J connectivity index is 1.62. The molecule has 3 aromatic rings. The van der Waals surface area contributed by atoms with E-state index in [1.165, 1.54) is 28.7 Å². The van der Waals surface area contributed by atoms with Crippen LogP contribution in [0.1, 0.15) is 29.1 Å². The van der Waals surface area contributed by atoms with E-state index in [1.54, 1.807) is 16.1 Å². The van der Waals surface area contributed by atoms with E-state index < -0.39 is 0 Å². The number of thiophene rings is 1. The summed E-state index contributed by atoms with van der Waals surface area (Å²) in [5, 5.41) is 17.9. The highest BCUT2D eigenvalue weighted by molar-refractivity contribution is 7.14. The Hall–Kier alpha value is -2.03. The Morgan fingerprint density at radius 1 is 1.55 bits per heavy atom. The first-order chi connectivity index (χ1) is 10.7. The summed E-state index contributed by atoms with van der Waals surface area (Å²) in [6, 6.07) is 1.66. The Bertz CT molecular complexity index is 789. The smallest absolute Gasteiger partial charge is 0.244 e. The number of aromatic nitrogens is 3. The molecule has 3 heterocycles. The van der Waals surface area contributed by atoms with Crippen LogP contribution >= 0.6 is 22.7 Å². The molecule has 8 heteroatoms. The number of aliphatic hydroxyl groups is 1. The highest BCUT2D eigenvalue weighted by Crippen LogP contribution is 2.17. The molecular formula is C14H14N4O2S2. The fourth-order valence-electron chi connectivity index (χ4n) is 1.92. The minimum atomic E-state index is -0.192. The van der Waals surface area contributed by atoms with Crippen LogP contribution in [-0.4, -0.2) is 25.6 Å². The van der Waals surface area contributed by atoms with Crippen molar-refractivity contribution < 1.29 is 9.90 Å². The molecule has 0 saturated carbocycles. The van der Waals surface area contributed by atoms with Crippen LogP contribution in [-0.2, 0) is 11.4 Å². The predicted molar refractivity (Wildman–Crippen MR) is 86.7 cm³/mol. The Morgan fingerprint density at radius 2 is 2.41 bits per heavy atom. The fraction of sp³-hybridized carbons (Fsp3) is 0.214. The number of amides is 1. The summed E-state index contributed by atoms with van der Waals surface area (Å²) in [5.74, 6) is -0.184. The monoisotopic (exact) mass is 334 g/mol. The van der Waals surface area contributed by atoms with Crippen LogP contribution in [0.4, 0.5) is 0 Å². The number of hydrogen-bond acceptors (Lipinski definition) is 6. The van der Waals surface area contributed by atoms with E-state index in [0.29, 0.717) is 0 Å². The highest BCUT2D eigenvalue weighted by atomic mass is 32.1. The van der Waals surface area contributed by atoms with Crippen LogP contribution in [0.3, 0.4) is 0 Å². The standard InChI is InChI=1S/C14H14N4O2S2/c1-9(12-5-18-14(17-12)22-8-15-18)16-13(20)3-2-11-4-10(6-19)7-21-11/h2-5,7-9,19H,6H2,1H3,(H,16,20)/b3-2+. The maximum atomic E-state index is 11.9. The van der Waals surface area contributed by atoms with E-state index in [4.69, 9.17) is 5.11 Å². The van der Waals surface area contributed by atoms with Crippen molar-refractivity contribution in [3.8, 4) is 0 Å². The molecule has 3 aromatic heterocycles. The number of rotatable bonds is 5. The van der Waals surface area contributed by atoms with E-state index in [0.717, 1.165) is 21.1 Å². The van der Waals surface area contributed by atoms with Crippen LogP contribution < -0.4 is 5.32 Å². The van der Waals surface area contributed by atoms with Crippen LogP contribution in [0, 0.1) is 0 Å². The topological polar surface area (TPSA) is 79.5 Å². The van der Waals surface area contributed by atoms with Gasteiger partial charge in [0.2, 0.25) is 10.9 Å². The number of nitrogens with one attached hydrogen (secondary N) is 1. The van der Waals surface area contributed by atoms with Gasteiger partial charge in [0.25, 0.3) is 0 Å². The molecule has 0 aliphatic heterocycles. The molecular weight excluding hydrogens is 320 g/mol. The minimum absolute atomic E-state index is 0.0130. The summed E-state index contributed by atoms with van der Waals surface area (Å²) in [6.07, 6.45) is 5.03. The number of carbonyl (C=O) groups excluding carboxylic acids is 1. The van der Waals surface area contributed by atoms with E-state index >= 15 is 0 Å². The molecule has 1 amide bonds. The lowest BCUT2D eigenvalue weighted by atomic mass is 10.2. The molecule has 0 aliphatic rings. The van der Waals surface area contributed by atoms with E-state index in [1.807, 2.05) is 24.6 Å². The van der Waals surface area contributed by atoms with Gasteiger partial charge in [-0.3, -0.25) is 4.79 Å². The lowest BCUT2D eigenvalue weighted by Gasteiger charge is -2.08. The molecule has 0 fully saturated rings. The third-order valence-electron chi connectivity index (χ3n) is 3.06. The number of hydrogen-bond donors (Lipinski definition) is 2. The van der Waals surface area contributed by atoms with E-state index in [2.05, 4.69) is 15.4 Å². The molecule has 1 atom stereocenters. The van der Waals surface area contributed by atoms with Gasteiger partial charge in [-0.1, -0.05) is 11.3 Å². The minimum Gasteiger partial charge on any atom is -0.392 e. The molecule has 1 unspecified atom stereocenters. The van der Waals surface area contributed by atoms with Crippen LogP contribution in [0.15, 0.2) is 29.2 Å². The molecule has 0 saturated heterocycles. The van der Waals surface area contributed by atoms with Crippen molar-refractivity contribution >= 4 is 39.6 Å². The van der Waals surface area contributed by atoms with Gasteiger partial charge in [0, 0.05) is 11.0 Å². The third-order valence-corrected chi connectivity index (χ3v) is 4.70. The van der Waals surface area contributed by atoms with Gasteiger partial charge < -0.3 is 10.4 Å². The Kier molecular flexibility index (Phi) is 4.32. The summed E-state index contributed by atoms with van der Waals surface area (Å²) in [6.45, 7) is 1.90. The molecule has 22 heavy (non-hydrogen) atoms. The first kappa shape index (κ1) is 14.9. The van der Waals surface area contributed by atoms with Crippen molar-refractivity contribution in [2.45, 2.75) is 19.6 Å². The average Bonchev–Trinajstić information content (AvgIpc) is 3.19. The first-order valence-electron chi connectivity index (χ1n) is 6.61. The molecule has 114 valence electrons. The van der Waals surface area contributed by atoms with Gasteiger partial charge in [-0.2, -0.15) is 5.10 Å². The molecule has 2 N–H and O–H groups in total. The second-order valence-corrected chi connectivity index (χ2v) is 6.47. The number of aliphatic hydroxyl groups excluding tert-OH is 1. The van der Waals surface area contributed by atoms with Crippen molar-refractivity contribution in [3.05, 3.63) is 45.4 Å². The second-order valence-electron chi connectivity index (χ2n) is 4.71. The lowest BCUT2D eigenvalue weighted by molar-refractivity contribution is -0.117. The van der Waals surface area contributed by atoms with Crippen molar-refractivity contribution in [3.63, 3.8) is 0 Å². The molecule has 0 radical (unpaired) electrons. The maximum Gasteiger partial charge on any atom is 0.244 e. The summed E-state index contributed by atoms with van der Waals surface area (Å²) in [5.41, 5.74) is 3.35. The fourth-order valence-corrected chi connectivity index (χ4v) is 3.33. The van der Waals surface area contributed by atoms with Crippen molar-refractivity contribution in [2.24, 2.45) is 0 Å². The van der Waals surface area contributed by atoms with Gasteiger partial charge in [-0.05, 0) is 30.0 Å². The quantitative estimate of drug-likeness (QED) is 0.701. The number of nitrogens with zero attached hydrogens (tertiary/aromatic N) is 3. The second kappa shape index (κ2) is 6.39. The molecule has 3 rings (SSSR count). The summed E-state index contributed by atoms with van der Waals surface area (Å²) < 4.78 is 1.70. The SMILES string of the molecule is CC(NC(=O)/C=C/c1cc(CO)cs1)c1cn2ncsc2n1. The van der Waals surface area contributed by atoms with Gasteiger partial charge in [-0.25, -0.2) is 9.50 Å². The van der Waals surface area contributed by atoms with Gasteiger partial charge in [0.15, 0.2) is 0 Å². The summed E-state index contributed by atoms with van der Waals surface area (Å²) in [4.78, 5) is 18.1. The zero-order valence-corrected chi connectivity index (χ0v) is 13.4. The highest BCUT2D eigenvalue weighted by Gasteiger charge is 2.12. The van der Waals surface area contributed by atoms with Crippen molar-refractivity contribution in [1.29, 1.82) is 0 Å². The third kappa shape index (κ3) is 3.24. The summed E-state index contributed by atoms with van der Waals surface area (Å²) in [7, 11) is 0. The Morgan fingerprint density at radius 3 is 3.14 bits per heavy atom. The maximum absolute atomic E-state index is 11.9. The zero-order chi connectivity index (χ0) is 15.5. The van der Waals surface area contributed by atoms with Crippen molar-refractivity contribution in [1.82, 2.24) is 19.9 Å². The number of imidazole rings is 1. The average molecular weight is 334 g/mol. The first-order valence-corrected chi connectivity index (χ1v) is 8.37. The molecule has 0 bridgehead atoms. The van der Waals surface area contributed by atoms with Gasteiger partial charge in [0.1, 0.15) is 5.51 Å². The normalized spacial score (nSPS) is 13.0. The van der Waals surface area contributed by atoms with Gasteiger partial charge in [-0.15, -0.1) is 11.3 Å². The number of fused-ring (bicyclic) bond motifs is 1.